The fourth-order valence-corrected chi connectivity index (χ4v) is 2.64. The molecule has 0 aliphatic rings. The van der Waals surface area contributed by atoms with E-state index in [1.807, 2.05) is 35.6 Å². The second-order valence-corrected chi connectivity index (χ2v) is 6.39. The van der Waals surface area contributed by atoms with Gasteiger partial charge in [-0.25, -0.2) is 0 Å². The minimum absolute atomic E-state index is 0.267. The first kappa shape index (κ1) is 19.3. The highest BCUT2D eigenvalue weighted by Crippen LogP contribution is 2.26. The van der Waals surface area contributed by atoms with E-state index < -0.39 is 11.8 Å². The van der Waals surface area contributed by atoms with Crippen LogP contribution in [-0.4, -0.2) is 25.0 Å². The van der Waals surface area contributed by atoms with Crippen molar-refractivity contribution >= 4 is 46.0 Å². The van der Waals surface area contributed by atoms with Gasteiger partial charge in [-0.1, -0.05) is 23.7 Å². The van der Waals surface area contributed by atoms with Gasteiger partial charge in [0.1, 0.15) is 0 Å². The maximum atomic E-state index is 12.1. The molecule has 0 aliphatic heterocycles. The van der Waals surface area contributed by atoms with E-state index in [2.05, 4.69) is 10.9 Å². The van der Waals surface area contributed by atoms with Crippen LogP contribution in [0.1, 0.15) is 17.3 Å². The lowest BCUT2D eigenvalue weighted by molar-refractivity contribution is -0.123. The van der Waals surface area contributed by atoms with Gasteiger partial charge in [0, 0.05) is 8.59 Å². The Labute approximate surface area is 163 Å². The number of hydrazine groups is 1. The number of benzene rings is 2. The Morgan fingerprint density at radius 3 is 2.44 bits per heavy atom. The number of rotatable bonds is 6. The number of hydrogen-bond acceptors (Lipinski definition) is 4. The first-order valence-corrected chi connectivity index (χ1v) is 8.85. The van der Waals surface area contributed by atoms with E-state index >= 15 is 0 Å². The number of amides is 2. The Morgan fingerprint density at radius 1 is 1.08 bits per heavy atom. The number of para-hydroxylation sites is 2. The van der Waals surface area contributed by atoms with Crippen molar-refractivity contribution in [3.63, 3.8) is 0 Å². The van der Waals surface area contributed by atoms with Crippen LogP contribution in [0.3, 0.4) is 0 Å². The van der Waals surface area contributed by atoms with Gasteiger partial charge in [0.25, 0.3) is 11.8 Å². The average molecular weight is 475 g/mol. The van der Waals surface area contributed by atoms with E-state index in [4.69, 9.17) is 21.1 Å². The van der Waals surface area contributed by atoms with Gasteiger partial charge in [0.15, 0.2) is 18.1 Å². The molecule has 0 fully saturated rings. The molecule has 0 saturated heterocycles. The molecular formula is C17H16ClIN2O4. The standard InChI is InChI=1S/C17H16ClIN2O4/c1-2-24-14-5-3-4-6-15(14)25-10-16(22)20-21-17(23)12-9-11(18)7-8-13(12)19/h3-9H,2,10H2,1H3,(H,20,22)(H,21,23). The van der Waals surface area contributed by atoms with Crippen LogP contribution in [0.4, 0.5) is 0 Å². The van der Waals surface area contributed by atoms with Crippen LogP contribution in [0.15, 0.2) is 42.5 Å². The zero-order valence-electron chi connectivity index (χ0n) is 13.3. The zero-order chi connectivity index (χ0) is 18.2. The van der Waals surface area contributed by atoms with Crippen LogP contribution >= 0.6 is 34.2 Å². The van der Waals surface area contributed by atoms with E-state index in [9.17, 15) is 9.59 Å². The highest BCUT2D eigenvalue weighted by Gasteiger charge is 2.12. The summed E-state index contributed by atoms with van der Waals surface area (Å²) in [6.07, 6.45) is 0. The predicted molar refractivity (Wildman–Crippen MR) is 103 cm³/mol. The van der Waals surface area contributed by atoms with E-state index in [1.165, 1.54) is 6.07 Å². The second-order valence-electron chi connectivity index (χ2n) is 4.79. The van der Waals surface area contributed by atoms with E-state index in [0.29, 0.717) is 28.7 Å². The third-order valence-corrected chi connectivity index (χ3v) is 4.17. The van der Waals surface area contributed by atoms with Crippen LogP contribution in [0.2, 0.25) is 5.02 Å². The quantitative estimate of drug-likeness (QED) is 0.498. The van der Waals surface area contributed by atoms with Crippen molar-refractivity contribution in [3.8, 4) is 11.5 Å². The molecule has 0 aromatic heterocycles. The summed E-state index contributed by atoms with van der Waals surface area (Å²) in [4.78, 5) is 23.9. The summed E-state index contributed by atoms with van der Waals surface area (Å²) in [5.41, 5.74) is 5.00. The molecular weight excluding hydrogens is 459 g/mol. The summed E-state index contributed by atoms with van der Waals surface area (Å²) in [6, 6.07) is 12.0. The fraction of sp³-hybridized carbons (Fsp3) is 0.176. The minimum atomic E-state index is -0.503. The number of ether oxygens (including phenoxy) is 2. The Morgan fingerprint density at radius 2 is 1.76 bits per heavy atom. The highest BCUT2D eigenvalue weighted by atomic mass is 127. The Hall–Kier alpha value is -2.00. The SMILES string of the molecule is CCOc1ccccc1OCC(=O)NNC(=O)c1cc(Cl)ccc1I. The molecule has 25 heavy (non-hydrogen) atoms. The Balaban J connectivity index is 1.87. The summed E-state index contributed by atoms with van der Waals surface area (Å²) in [6.45, 7) is 2.08. The topological polar surface area (TPSA) is 76.7 Å². The molecule has 132 valence electrons. The lowest BCUT2D eigenvalue weighted by atomic mass is 10.2. The third kappa shape index (κ3) is 5.79. The molecule has 0 unspecified atom stereocenters. The van der Waals surface area contributed by atoms with Gasteiger partial charge >= 0.3 is 0 Å². The molecule has 2 N–H and O–H groups in total. The molecule has 2 amide bonds. The Bertz CT molecular complexity index is 770. The molecule has 0 atom stereocenters. The molecule has 6 nitrogen and oxygen atoms in total. The predicted octanol–water partition coefficient (Wildman–Crippen LogP) is 3.18. The van der Waals surface area contributed by atoms with Crippen LogP contribution in [0.5, 0.6) is 11.5 Å². The van der Waals surface area contributed by atoms with Crippen LogP contribution < -0.4 is 20.3 Å². The lowest BCUT2D eigenvalue weighted by Gasteiger charge is -2.12. The van der Waals surface area contributed by atoms with Crippen molar-refractivity contribution in [2.24, 2.45) is 0 Å². The summed E-state index contributed by atoms with van der Waals surface area (Å²) in [7, 11) is 0. The number of halogens is 2. The monoisotopic (exact) mass is 474 g/mol. The van der Waals surface area contributed by atoms with Gasteiger partial charge in [-0.2, -0.15) is 0 Å². The summed E-state index contributed by atoms with van der Waals surface area (Å²) >= 11 is 7.89. The molecule has 0 aliphatic carbocycles. The molecule has 0 radical (unpaired) electrons. The van der Waals surface area contributed by atoms with Crippen molar-refractivity contribution in [2.75, 3.05) is 13.2 Å². The zero-order valence-corrected chi connectivity index (χ0v) is 16.3. The largest absolute Gasteiger partial charge is 0.490 e. The number of carbonyl (C=O) groups excluding carboxylic acids is 2. The lowest BCUT2D eigenvalue weighted by Crippen LogP contribution is -2.44. The van der Waals surface area contributed by atoms with Crippen LogP contribution in [0.25, 0.3) is 0 Å². The van der Waals surface area contributed by atoms with Crippen molar-refractivity contribution in [3.05, 3.63) is 56.6 Å². The van der Waals surface area contributed by atoms with Crippen molar-refractivity contribution in [2.45, 2.75) is 6.92 Å². The summed E-state index contributed by atoms with van der Waals surface area (Å²) in [5.74, 6) is 0.0391. The van der Waals surface area contributed by atoms with Gasteiger partial charge < -0.3 is 9.47 Å². The van der Waals surface area contributed by atoms with Crippen molar-refractivity contribution in [1.29, 1.82) is 0 Å². The number of hydrogen-bond donors (Lipinski definition) is 2. The molecule has 0 spiro atoms. The van der Waals surface area contributed by atoms with E-state index in [0.717, 1.165) is 3.57 Å². The van der Waals surface area contributed by atoms with Gasteiger partial charge in [0.05, 0.1) is 12.2 Å². The smallest absolute Gasteiger partial charge is 0.276 e. The minimum Gasteiger partial charge on any atom is -0.490 e. The Kier molecular flexibility index (Phi) is 7.32. The van der Waals surface area contributed by atoms with Crippen molar-refractivity contribution < 1.29 is 19.1 Å². The van der Waals surface area contributed by atoms with Gasteiger partial charge in [0.2, 0.25) is 0 Å². The van der Waals surface area contributed by atoms with Crippen LogP contribution in [-0.2, 0) is 4.79 Å². The van der Waals surface area contributed by atoms with Gasteiger partial charge in [-0.3, -0.25) is 20.4 Å². The average Bonchev–Trinajstić information content (AvgIpc) is 2.61. The number of carbonyl (C=O) groups is 2. The first-order valence-electron chi connectivity index (χ1n) is 7.40. The normalized spacial score (nSPS) is 10.0. The third-order valence-electron chi connectivity index (χ3n) is 3.00. The first-order chi connectivity index (χ1) is 12.0. The molecule has 0 bridgehead atoms. The summed E-state index contributed by atoms with van der Waals surface area (Å²) in [5, 5.41) is 0.438. The number of nitrogens with one attached hydrogen (secondary N) is 2. The van der Waals surface area contributed by atoms with E-state index in [-0.39, 0.29) is 6.61 Å². The fourth-order valence-electron chi connectivity index (χ4n) is 1.89. The van der Waals surface area contributed by atoms with Crippen molar-refractivity contribution in [1.82, 2.24) is 10.9 Å². The highest BCUT2D eigenvalue weighted by molar-refractivity contribution is 14.1. The molecule has 0 heterocycles. The molecule has 0 saturated carbocycles. The summed E-state index contributed by atoms with van der Waals surface area (Å²) < 4.78 is 11.5. The maximum Gasteiger partial charge on any atom is 0.276 e. The van der Waals surface area contributed by atoms with E-state index in [1.54, 1.807) is 30.3 Å². The van der Waals surface area contributed by atoms with Gasteiger partial charge in [-0.15, -0.1) is 0 Å². The molecule has 2 aromatic carbocycles. The molecule has 2 rings (SSSR count). The van der Waals surface area contributed by atoms with Crippen LogP contribution in [0, 0.1) is 3.57 Å². The maximum absolute atomic E-state index is 12.1. The molecule has 8 heteroatoms. The molecule has 2 aromatic rings. The van der Waals surface area contributed by atoms with Gasteiger partial charge in [-0.05, 0) is 59.8 Å². The second kappa shape index (κ2) is 9.47.